The van der Waals surface area contributed by atoms with Crippen LogP contribution in [0.15, 0.2) is 62.3 Å². The predicted octanol–water partition coefficient (Wildman–Crippen LogP) is 8.16. The minimum absolute atomic E-state index is 1.15. The van der Waals surface area contributed by atoms with E-state index in [2.05, 4.69) is 40.2 Å². The molecule has 0 heteroatoms. The van der Waals surface area contributed by atoms with Gasteiger partial charge in [-0.25, -0.2) is 0 Å². The van der Waals surface area contributed by atoms with E-state index >= 15 is 0 Å². The van der Waals surface area contributed by atoms with E-state index in [-0.39, 0.29) is 0 Å². The molecule has 0 spiro atoms. The van der Waals surface area contributed by atoms with Gasteiger partial charge >= 0.3 is 0 Å². The van der Waals surface area contributed by atoms with Crippen molar-refractivity contribution >= 4 is 0 Å². The van der Waals surface area contributed by atoms with Crippen molar-refractivity contribution in [2.75, 3.05) is 0 Å². The maximum absolute atomic E-state index is 3.56. The Kier molecular flexibility index (Phi) is 151. The summed E-state index contributed by atoms with van der Waals surface area (Å²) in [6.07, 6.45) is 9.98. The molecule has 0 aromatic carbocycles. The molecule has 0 N–H and O–H groups in total. The molecule has 0 aliphatic heterocycles. The smallest absolute Gasteiger partial charge is 0.0398 e. The van der Waals surface area contributed by atoms with Crippen LogP contribution < -0.4 is 0 Å². The second-order valence-electron chi connectivity index (χ2n) is 2.53. The Labute approximate surface area is 131 Å². The van der Waals surface area contributed by atoms with E-state index < -0.39 is 0 Å². The van der Waals surface area contributed by atoms with Crippen LogP contribution in [0.25, 0.3) is 0 Å². The highest BCUT2D eigenvalue weighted by molar-refractivity contribution is 5.17. The summed E-state index contributed by atoms with van der Waals surface area (Å²) in [5, 5.41) is 0. The molecule has 0 aliphatic rings. The zero-order valence-electron chi connectivity index (χ0n) is 15.9. The van der Waals surface area contributed by atoms with Crippen LogP contribution in [-0.2, 0) is 0 Å². The Morgan fingerprint density at radius 1 is 0.700 bits per heavy atom. The lowest BCUT2D eigenvalue weighted by Crippen LogP contribution is -1.58. The fourth-order valence-corrected chi connectivity index (χ4v) is 0.254. The second kappa shape index (κ2) is 83.3. The molecule has 0 unspecified atom stereocenters. The molecule has 0 atom stereocenters. The van der Waals surface area contributed by atoms with Crippen LogP contribution in [0.5, 0.6) is 0 Å². The third kappa shape index (κ3) is 186. The van der Waals surface area contributed by atoms with Crippen molar-refractivity contribution in [2.24, 2.45) is 0 Å². The van der Waals surface area contributed by atoms with Crippen LogP contribution >= 0.6 is 0 Å². The van der Waals surface area contributed by atoms with E-state index in [1.165, 1.54) is 6.42 Å². The minimum Gasteiger partial charge on any atom is -0.0991 e. The highest BCUT2D eigenvalue weighted by Crippen LogP contribution is 1.90. The Hall–Kier alpha value is -1.30. The van der Waals surface area contributed by atoms with Crippen molar-refractivity contribution in [3.8, 4) is 0 Å². The highest BCUT2D eigenvalue weighted by Gasteiger charge is 1.68. The van der Waals surface area contributed by atoms with Crippen LogP contribution in [0.1, 0.15) is 68.7 Å². The van der Waals surface area contributed by atoms with Gasteiger partial charge in [-0.2, -0.15) is 0 Å². The van der Waals surface area contributed by atoms with Crippen molar-refractivity contribution in [3.05, 3.63) is 62.3 Å². The molecule has 0 aliphatic carbocycles. The van der Waals surface area contributed by atoms with Gasteiger partial charge < -0.3 is 0 Å². The Morgan fingerprint density at radius 3 is 1.00 bits per heavy atom. The second-order valence-corrected chi connectivity index (χ2v) is 2.53. The van der Waals surface area contributed by atoms with Gasteiger partial charge in [-0.05, 0) is 6.92 Å². The zero-order valence-corrected chi connectivity index (χ0v) is 15.9. The lowest BCUT2D eigenvalue weighted by molar-refractivity contribution is 1.09. The molecule has 0 aromatic rings. The van der Waals surface area contributed by atoms with Gasteiger partial charge in [0.25, 0.3) is 0 Å². The summed E-state index contributed by atoms with van der Waals surface area (Å²) in [5.41, 5.74) is 1.15. The fraction of sp³-hybridized carbons (Fsp3) is 0.500. The minimum atomic E-state index is 1.15. The highest BCUT2D eigenvalue weighted by atomic mass is 13.8. The van der Waals surface area contributed by atoms with E-state index in [1.807, 2.05) is 54.5 Å². The molecular formula is C20H42. The quantitative estimate of drug-likeness (QED) is 0.458. The summed E-state index contributed by atoms with van der Waals surface area (Å²) < 4.78 is 0. The molecule has 0 aromatic heterocycles. The van der Waals surface area contributed by atoms with Crippen LogP contribution in [0.4, 0.5) is 0 Å². The van der Waals surface area contributed by atoms with Crippen LogP contribution in [-0.4, -0.2) is 0 Å². The molecule has 0 fully saturated rings. The first-order chi connectivity index (χ1) is 9.64. The average Bonchev–Trinajstić information content (AvgIpc) is 2.54. The Balaban J connectivity index is -0.0000000327. The molecule has 0 heterocycles. The number of hydrogen-bond acceptors (Lipinski definition) is 0. The van der Waals surface area contributed by atoms with Crippen molar-refractivity contribution in [1.82, 2.24) is 0 Å². The van der Waals surface area contributed by atoms with E-state index in [0.717, 1.165) is 5.57 Å². The number of hydrogen-bond donors (Lipinski definition) is 0. The van der Waals surface area contributed by atoms with E-state index in [0.29, 0.717) is 0 Å². The summed E-state index contributed by atoms with van der Waals surface area (Å²) in [7, 11) is 0. The fourth-order valence-electron chi connectivity index (χ4n) is 0.254. The van der Waals surface area contributed by atoms with E-state index in [9.17, 15) is 0 Å². The van der Waals surface area contributed by atoms with Gasteiger partial charge in [0.05, 0.1) is 0 Å². The molecule has 122 valence electrons. The van der Waals surface area contributed by atoms with Gasteiger partial charge in [0.2, 0.25) is 0 Å². The van der Waals surface area contributed by atoms with Crippen molar-refractivity contribution in [2.45, 2.75) is 68.7 Å². The molecule has 0 rings (SSSR count). The van der Waals surface area contributed by atoms with Crippen LogP contribution in [0, 0.1) is 0 Å². The largest absolute Gasteiger partial charge is 0.0991 e. The molecule has 0 amide bonds. The average molecular weight is 283 g/mol. The standard InChI is InChI=1S/C7H10.C4H6.C3H8.3C2H6/c1-4-6-7(3)5-2;1-3-4-2;1-3-2;3*1-2/h4-6H,1-2H2,3H3;3-4H,1-2H2;3H2,1-2H3;3*1-2H3/b7-6-;;;;;. The summed E-state index contributed by atoms with van der Waals surface area (Å²) in [6.45, 7) is 32.0. The Morgan fingerprint density at radius 2 is 0.950 bits per heavy atom. The monoisotopic (exact) mass is 282 g/mol. The molecule has 0 radical (unpaired) electrons. The van der Waals surface area contributed by atoms with Crippen molar-refractivity contribution in [1.29, 1.82) is 0 Å². The number of allylic oxidation sites excluding steroid dienone is 6. The van der Waals surface area contributed by atoms with Crippen molar-refractivity contribution < 1.29 is 0 Å². The van der Waals surface area contributed by atoms with E-state index in [1.54, 1.807) is 24.3 Å². The van der Waals surface area contributed by atoms with Crippen LogP contribution in [0.2, 0.25) is 0 Å². The first kappa shape index (κ1) is 36.3. The third-order valence-corrected chi connectivity index (χ3v) is 0.869. The summed E-state index contributed by atoms with van der Waals surface area (Å²) >= 11 is 0. The predicted molar refractivity (Wildman–Crippen MR) is 105 cm³/mol. The first-order valence-corrected chi connectivity index (χ1v) is 7.79. The van der Waals surface area contributed by atoms with Gasteiger partial charge in [-0.15, -0.1) is 0 Å². The molecule has 0 saturated heterocycles. The summed E-state index contributed by atoms with van der Waals surface area (Å²) in [6, 6.07) is 0. The summed E-state index contributed by atoms with van der Waals surface area (Å²) in [5.74, 6) is 0. The third-order valence-electron chi connectivity index (χ3n) is 0.869. The van der Waals surface area contributed by atoms with Crippen LogP contribution in [0.3, 0.4) is 0 Å². The number of rotatable bonds is 3. The van der Waals surface area contributed by atoms with Gasteiger partial charge in [0.1, 0.15) is 0 Å². The SMILES string of the molecule is C=C/C=C(/C)C=C.C=CC=C.CC.CC.CC.CCC. The van der Waals surface area contributed by atoms with Gasteiger partial charge in [0.15, 0.2) is 0 Å². The van der Waals surface area contributed by atoms with Crippen molar-refractivity contribution in [3.63, 3.8) is 0 Å². The molecule has 0 saturated carbocycles. The lowest BCUT2D eigenvalue weighted by atomic mass is 10.3. The van der Waals surface area contributed by atoms with E-state index in [4.69, 9.17) is 0 Å². The molecule has 0 bridgehead atoms. The zero-order chi connectivity index (χ0) is 17.8. The maximum atomic E-state index is 3.56. The molecule has 20 heavy (non-hydrogen) atoms. The first-order valence-electron chi connectivity index (χ1n) is 7.79. The topological polar surface area (TPSA) is 0 Å². The Bertz CT molecular complexity index is 164. The molecule has 0 nitrogen and oxygen atoms in total. The van der Waals surface area contributed by atoms with Gasteiger partial charge in [-0.3, -0.25) is 0 Å². The molecular weight excluding hydrogens is 240 g/mol. The van der Waals surface area contributed by atoms with Gasteiger partial charge in [0, 0.05) is 0 Å². The van der Waals surface area contributed by atoms with Gasteiger partial charge in [-0.1, -0.05) is 124 Å². The lowest BCUT2D eigenvalue weighted by Gasteiger charge is -1.80. The normalized spacial score (nSPS) is 6.55. The maximum Gasteiger partial charge on any atom is -0.0398 e. The summed E-state index contributed by atoms with van der Waals surface area (Å²) in [4.78, 5) is 0.